The van der Waals surface area contributed by atoms with Crippen molar-refractivity contribution in [2.45, 2.75) is 40.5 Å². The number of hydrogen-bond donors (Lipinski definition) is 1. The molecule has 1 N–H and O–H groups in total. The summed E-state index contributed by atoms with van der Waals surface area (Å²) < 4.78 is 0. The van der Waals surface area contributed by atoms with Crippen LogP contribution >= 0.6 is 0 Å². The van der Waals surface area contributed by atoms with E-state index >= 15 is 0 Å². The van der Waals surface area contributed by atoms with Gasteiger partial charge in [-0.2, -0.15) is 0 Å². The SMILES string of the molecule is CCCCN1C(=O)NC(=O)[C@@H](C(C)=NCCN(CC)CC)C1=O. The lowest BCUT2D eigenvalue weighted by Crippen LogP contribution is -2.59. The minimum atomic E-state index is -0.985. The summed E-state index contributed by atoms with van der Waals surface area (Å²) in [5.41, 5.74) is 0.466. The Labute approximate surface area is 138 Å². The van der Waals surface area contributed by atoms with E-state index in [-0.39, 0.29) is 0 Å². The number of nitrogens with one attached hydrogen (secondary N) is 1. The summed E-state index contributed by atoms with van der Waals surface area (Å²) in [5.74, 6) is -2.02. The number of barbiturate groups is 1. The largest absolute Gasteiger partial charge is 0.330 e. The normalized spacial score (nSPS) is 19.5. The molecule has 7 heteroatoms. The summed E-state index contributed by atoms with van der Waals surface area (Å²) >= 11 is 0. The van der Waals surface area contributed by atoms with Crippen molar-refractivity contribution in [3.05, 3.63) is 0 Å². The van der Waals surface area contributed by atoms with Gasteiger partial charge < -0.3 is 4.90 Å². The number of imide groups is 2. The molecule has 1 rings (SSSR count). The van der Waals surface area contributed by atoms with Crippen molar-refractivity contribution in [1.29, 1.82) is 0 Å². The van der Waals surface area contributed by atoms with E-state index < -0.39 is 23.8 Å². The van der Waals surface area contributed by atoms with E-state index in [0.29, 0.717) is 18.8 Å². The molecule has 0 radical (unpaired) electrons. The third-order valence-electron chi connectivity index (χ3n) is 4.08. The zero-order valence-electron chi connectivity index (χ0n) is 14.6. The summed E-state index contributed by atoms with van der Waals surface area (Å²) in [5, 5.41) is 2.26. The predicted octanol–water partition coefficient (Wildman–Crippen LogP) is 1.28. The average Bonchev–Trinajstić information content (AvgIpc) is 2.51. The van der Waals surface area contributed by atoms with Crippen LogP contribution in [0.3, 0.4) is 0 Å². The van der Waals surface area contributed by atoms with E-state index in [1.807, 2.05) is 6.92 Å². The van der Waals surface area contributed by atoms with Gasteiger partial charge in [0.1, 0.15) is 0 Å². The van der Waals surface area contributed by atoms with E-state index in [1.165, 1.54) is 0 Å². The Hall–Kier alpha value is -1.76. The van der Waals surface area contributed by atoms with Gasteiger partial charge in [0, 0.05) is 18.8 Å². The van der Waals surface area contributed by atoms with Gasteiger partial charge in [0.05, 0.1) is 6.54 Å². The van der Waals surface area contributed by atoms with Crippen LogP contribution in [0.2, 0.25) is 0 Å². The maximum Gasteiger partial charge on any atom is 0.330 e. The molecule has 1 saturated heterocycles. The van der Waals surface area contributed by atoms with Gasteiger partial charge in [-0.1, -0.05) is 27.2 Å². The van der Waals surface area contributed by atoms with Gasteiger partial charge in [0.2, 0.25) is 11.8 Å². The number of carbonyl (C=O) groups excluding carboxylic acids is 3. The second-order valence-electron chi connectivity index (χ2n) is 5.62. The van der Waals surface area contributed by atoms with Gasteiger partial charge in [-0.3, -0.25) is 24.8 Å². The molecule has 0 aromatic carbocycles. The number of aliphatic imine (C=N–C) groups is 1. The molecule has 0 aromatic heterocycles. The standard InChI is InChI=1S/C16H28N4O3/c1-5-8-10-20-15(22)13(14(21)18-16(20)23)12(4)17-9-11-19(6-2)7-3/h13H,5-11H2,1-4H3,(H,18,21,23)/t13-/m1/s1. The first kappa shape index (κ1) is 19.3. The fourth-order valence-electron chi connectivity index (χ4n) is 2.51. The Morgan fingerprint density at radius 1 is 1.22 bits per heavy atom. The van der Waals surface area contributed by atoms with E-state index in [1.54, 1.807) is 6.92 Å². The van der Waals surface area contributed by atoms with Gasteiger partial charge in [0.15, 0.2) is 5.92 Å². The number of rotatable bonds is 9. The van der Waals surface area contributed by atoms with E-state index in [9.17, 15) is 14.4 Å². The van der Waals surface area contributed by atoms with Crippen molar-refractivity contribution in [2.75, 3.05) is 32.7 Å². The van der Waals surface area contributed by atoms with Crippen LogP contribution in [0.15, 0.2) is 4.99 Å². The van der Waals surface area contributed by atoms with Gasteiger partial charge in [-0.25, -0.2) is 4.79 Å². The first-order chi connectivity index (χ1) is 11.0. The summed E-state index contributed by atoms with van der Waals surface area (Å²) in [6.07, 6.45) is 1.59. The predicted molar refractivity (Wildman–Crippen MR) is 89.4 cm³/mol. The molecule has 23 heavy (non-hydrogen) atoms. The number of hydrogen-bond acceptors (Lipinski definition) is 5. The molecule has 0 saturated carbocycles. The van der Waals surface area contributed by atoms with Crippen LogP contribution in [-0.2, 0) is 9.59 Å². The minimum Gasteiger partial charge on any atom is -0.302 e. The quantitative estimate of drug-likeness (QED) is 0.512. The molecule has 1 aliphatic heterocycles. The number of urea groups is 1. The Kier molecular flexibility index (Phi) is 7.88. The summed E-state index contributed by atoms with van der Waals surface area (Å²) in [4.78, 5) is 44.0. The average molecular weight is 324 g/mol. The third-order valence-corrected chi connectivity index (χ3v) is 4.08. The van der Waals surface area contributed by atoms with E-state index in [2.05, 4.69) is 29.1 Å². The van der Waals surface area contributed by atoms with Crippen molar-refractivity contribution in [3.63, 3.8) is 0 Å². The van der Waals surface area contributed by atoms with Crippen LogP contribution in [0.5, 0.6) is 0 Å². The highest BCUT2D eigenvalue weighted by molar-refractivity contribution is 6.27. The highest BCUT2D eigenvalue weighted by Gasteiger charge is 2.41. The number of amides is 4. The molecular weight excluding hydrogens is 296 g/mol. The number of carbonyl (C=O) groups is 3. The Morgan fingerprint density at radius 2 is 1.87 bits per heavy atom. The fourth-order valence-corrected chi connectivity index (χ4v) is 2.51. The third kappa shape index (κ3) is 5.13. The molecule has 0 spiro atoms. The Morgan fingerprint density at radius 3 is 2.43 bits per heavy atom. The van der Waals surface area contributed by atoms with Crippen molar-refractivity contribution < 1.29 is 14.4 Å². The molecular formula is C16H28N4O3. The molecule has 4 amide bonds. The number of unbranched alkanes of at least 4 members (excludes halogenated alkanes) is 1. The molecule has 1 atom stereocenters. The second kappa shape index (κ2) is 9.39. The number of likely N-dealkylation sites (N-methyl/N-ethyl adjacent to an activating group) is 1. The topological polar surface area (TPSA) is 82.1 Å². The second-order valence-corrected chi connectivity index (χ2v) is 5.62. The Balaban J connectivity index is 2.76. The highest BCUT2D eigenvalue weighted by atomic mass is 16.2. The summed E-state index contributed by atoms with van der Waals surface area (Å²) in [6.45, 7) is 11.3. The summed E-state index contributed by atoms with van der Waals surface area (Å²) in [6, 6.07) is -0.624. The van der Waals surface area contributed by atoms with Gasteiger partial charge in [-0.15, -0.1) is 0 Å². The van der Waals surface area contributed by atoms with Gasteiger partial charge >= 0.3 is 6.03 Å². The first-order valence-electron chi connectivity index (χ1n) is 8.35. The van der Waals surface area contributed by atoms with Crippen molar-refractivity contribution in [3.8, 4) is 0 Å². The van der Waals surface area contributed by atoms with Crippen molar-refractivity contribution in [2.24, 2.45) is 10.9 Å². The first-order valence-corrected chi connectivity index (χ1v) is 8.35. The Bertz CT molecular complexity index is 472. The molecule has 130 valence electrons. The van der Waals surface area contributed by atoms with Gasteiger partial charge in [-0.05, 0) is 26.4 Å². The van der Waals surface area contributed by atoms with Crippen LogP contribution in [-0.4, -0.2) is 66.1 Å². The number of nitrogens with zero attached hydrogens (tertiary/aromatic N) is 3. The highest BCUT2D eigenvalue weighted by Crippen LogP contribution is 2.13. The van der Waals surface area contributed by atoms with Gasteiger partial charge in [0.25, 0.3) is 0 Å². The molecule has 1 aliphatic rings. The van der Waals surface area contributed by atoms with Crippen LogP contribution in [0.4, 0.5) is 4.79 Å². The molecule has 1 fully saturated rings. The zero-order chi connectivity index (χ0) is 17.4. The van der Waals surface area contributed by atoms with E-state index in [4.69, 9.17) is 0 Å². The van der Waals surface area contributed by atoms with Crippen molar-refractivity contribution in [1.82, 2.24) is 15.1 Å². The lowest BCUT2D eigenvalue weighted by atomic mass is 9.99. The smallest absolute Gasteiger partial charge is 0.302 e. The van der Waals surface area contributed by atoms with E-state index in [0.717, 1.165) is 37.4 Å². The monoisotopic (exact) mass is 324 g/mol. The fraction of sp³-hybridized carbons (Fsp3) is 0.750. The molecule has 0 aromatic rings. The van der Waals surface area contributed by atoms with Crippen LogP contribution in [0.25, 0.3) is 0 Å². The lowest BCUT2D eigenvalue weighted by Gasteiger charge is -2.30. The van der Waals surface area contributed by atoms with Crippen LogP contribution in [0, 0.1) is 5.92 Å². The maximum absolute atomic E-state index is 12.5. The van der Waals surface area contributed by atoms with Crippen LogP contribution < -0.4 is 5.32 Å². The minimum absolute atomic E-state index is 0.331. The maximum atomic E-state index is 12.5. The lowest BCUT2D eigenvalue weighted by molar-refractivity contribution is -0.139. The molecule has 1 heterocycles. The van der Waals surface area contributed by atoms with Crippen LogP contribution in [0.1, 0.15) is 40.5 Å². The molecule has 0 unspecified atom stereocenters. The zero-order valence-corrected chi connectivity index (χ0v) is 14.6. The molecule has 0 bridgehead atoms. The van der Waals surface area contributed by atoms with Crippen molar-refractivity contribution >= 4 is 23.6 Å². The molecule has 0 aliphatic carbocycles. The summed E-state index contributed by atoms with van der Waals surface area (Å²) in [7, 11) is 0. The molecule has 7 nitrogen and oxygen atoms in total.